The number of aliphatic carboxylic acids is 1. The normalized spacial score (nSPS) is 15.2. The van der Waals surface area contributed by atoms with Crippen LogP contribution in [0.25, 0.3) is 0 Å². The largest absolute Gasteiger partial charge is 0.481 e. The summed E-state index contributed by atoms with van der Waals surface area (Å²) < 4.78 is 0. The van der Waals surface area contributed by atoms with Gasteiger partial charge in [0.2, 0.25) is 0 Å². The van der Waals surface area contributed by atoms with E-state index in [1.807, 2.05) is 0 Å². The van der Waals surface area contributed by atoms with Crippen LogP contribution in [0.15, 0.2) is 24.3 Å². The summed E-state index contributed by atoms with van der Waals surface area (Å²) in [6.45, 7) is 3.67. The van der Waals surface area contributed by atoms with Gasteiger partial charge in [-0.15, -0.1) is 0 Å². The predicted molar refractivity (Wildman–Crippen MR) is 73.0 cm³/mol. The molecular formula is C15H21NO2. The fraction of sp³-hybridized carbons (Fsp3) is 0.533. The molecule has 3 nitrogen and oxygen atoms in total. The first-order valence-electron chi connectivity index (χ1n) is 6.68. The summed E-state index contributed by atoms with van der Waals surface area (Å²) >= 11 is 0. The Morgan fingerprint density at radius 1 is 1.33 bits per heavy atom. The molecule has 18 heavy (non-hydrogen) atoms. The van der Waals surface area contributed by atoms with E-state index < -0.39 is 5.97 Å². The Morgan fingerprint density at radius 2 is 2.00 bits per heavy atom. The van der Waals surface area contributed by atoms with E-state index in [1.165, 1.54) is 24.8 Å². The van der Waals surface area contributed by atoms with Gasteiger partial charge in [0.25, 0.3) is 0 Å². The van der Waals surface area contributed by atoms with Crippen molar-refractivity contribution in [3.05, 3.63) is 29.8 Å². The Labute approximate surface area is 108 Å². The molecule has 0 aromatic heterocycles. The number of rotatable bonds is 6. The van der Waals surface area contributed by atoms with Crippen LogP contribution in [0.4, 0.5) is 5.69 Å². The van der Waals surface area contributed by atoms with Crippen LogP contribution in [-0.4, -0.2) is 24.2 Å². The van der Waals surface area contributed by atoms with Crippen molar-refractivity contribution in [2.45, 2.75) is 32.6 Å². The summed E-state index contributed by atoms with van der Waals surface area (Å²) in [4.78, 5) is 13.0. The molecule has 3 heteroatoms. The van der Waals surface area contributed by atoms with E-state index in [9.17, 15) is 4.79 Å². The number of nitrogens with zero attached hydrogens (tertiary/aromatic N) is 1. The van der Waals surface area contributed by atoms with Crippen molar-refractivity contribution >= 4 is 11.7 Å². The van der Waals surface area contributed by atoms with E-state index >= 15 is 0 Å². The second kappa shape index (κ2) is 5.89. The molecule has 0 amide bonds. The topological polar surface area (TPSA) is 40.5 Å². The smallest absolute Gasteiger partial charge is 0.305 e. The van der Waals surface area contributed by atoms with E-state index in [0.717, 1.165) is 18.2 Å². The molecule has 1 aromatic rings. The van der Waals surface area contributed by atoms with Gasteiger partial charge in [0, 0.05) is 18.8 Å². The standard InChI is InChI=1S/C15H21NO2/c1-12-5-7-14(8-6-12)16(10-9-15(17)18)11-13-3-2-4-13/h5-8,13H,2-4,9-11H2,1H3,(H,17,18). The third kappa shape index (κ3) is 3.49. The third-order valence-electron chi connectivity index (χ3n) is 3.70. The highest BCUT2D eigenvalue weighted by Crippen LogP contribution is 2.29. The van der Waals surface area contributed by atoms with Crippen molar-refractivity contribution in [1.29, 1.82) is 0 Å². The molecule has 1 aliphatic rings. The van der Waals surface area contributed by atoms with Crippen molar-refractivity contribution in [3.63, 3.8) is 0 Å². The van der Waals surface area contributed by atoms with E-state index in [2.05, 4.69) is 36.1 Å². The van der Waals surface area contributed by atoms with Crippen molar-refractivity contribution in [3.8, 4) is 0 Å². The lowest BCUT2D eigenvalue weighted by atomic mass is 9.85. The zero-order chi connectivity index (χ0) is 13.0. The molecule has 1 aliphatic carbocycles. The van der Waals surface area contributed by atoms with Crippen molar-refractivity contribution in [1.82, 2.24) is 0 Å². The molecule has 0 saturated heterocycles. The van der Waals surface area contributed by atoms with Gasteiger partial charge in [0.05, 0.1) is 6.42 Å². The van der Waals surface area contributed by atoms with Crippen molar-refractivity contribution in [2.75, 3.05) is 18.0 Å². The second-order valence-corrected chi connectivity index (χ2v) is 5.22. The summed E-state index contributed by atoms with van der Waals surface area (Å²) in [7, 11) is 0. The number of carbonyl (C=O) groups is 1. The highest BCUT2D eigenvalue weighted by Gasteiger charge is 2.21. The molecule has 1 aromatic carbocycles. The maximum atomic E-state index is 10.7. The number of hydrogen-bond acceptors (Lipinski definition) is 2. The molecule has 0 aliphatic heterocycles. The molecule has 0 radical (unpaired) electrons. The molecule has 98 valence electrons. The quantitative estimate of drug-likeness (QED) is 0.839. The highest BCUT2D eigenvalue weighted by molar-refractivity contribution is 5.67. The van der Waals surface area contributed by atoms with E-state index in [4.69, 9.17) is 5.11 Å². The van der Waals surface area contributed by atoms with Gasteiger partial charge >= 0.3 is 5.97 Å². The molecule has 0 heterocycles. The Bertz CT molecular complexity index is 395. The molecule has 1 N–H and O–H groups in total. The average Bonchev–Trinajstić information content (AvgIpc) is 2.28. The van der Waals surface area contributed by atoms with Crippen LogP contribution in [0.1, 0.15) is 31.2 Å². The summed E-state index contributed by atoms with van der Waals surface area (Å²) in [6, 6.07) is 8.36. The highest BCUT2D eigenvalue weighted by atomic mass is 16.4. The van der Waals surface area contributed by atoms with Crippen molar-refractivity contribution < 1.29 is 9.90 Å². The maximum absolute atomic E-state index is 10.7. The Hall–Kier alpha value is -1.51. The number of aryl methyl sites for hydroxylation is 1. The van der Waals surface area contributed by atoms with Crippen LogP contribution in [-0.2, 0) is 4.79 Å². The Morgan fingerprint density at radius 3 is 2.50 bits per heavy atom. The molecule has 0 unspecified atom stereocenters. The van der Waals surface area contributed by atoms with Gasteiger partial charge in [-0.2, -0.15) is 0 Å². The first-order valence-corrected chi connectivity index (χ1v) is 6.68. The molecular weight excluding hydrogens is 226 g/mol. The molecule has 0 bridgehead atoms. The summed E-state index contributed by atoms with van der Waals surface area (Å²) in [6.07, 6.45) is 4.11. The first-order chi connectivity index (χ1) is 8.65. The number of carboxylic acid groups (broad SMARTS) is 1. The second-order valence-electron chi connectivity index (χ2n) is 5.22. The van der Waals surface area contributed by atoms with Crippen LogP contribution >= 0.6 is 0 Å². The molecule has 1 saturated carbocycles. The van der Waals surface area contributed by atoms with Gasteiger partial charge in [-0.3, -0.25) is 4.79 Å². The fourth-order valence-corrected chi connectivity index (χ4v) is 2.30. The van der Waals surface area contributed by atoms with Crippen molar-refractivity contribution in [2.24, 2.45) is 5.92 Å². The third-order valence-corrected chi connectivity index (χ3v) is 3.70. The molecule has 0 atom stereocenters. The minimum absolute atomic E-state index is 0.209. The number of anilines is 1. The monoisotopic (exact) mass is 247 g/mol. The van der Waals surface area contributed by atoms with Gasteiger partial charge < -0.3 is 10.0 Å². The van der Waals surface area contributed by atoms with Crippen LogP contribution in [0, 0.1) is 12.8 Å². The molecule has 2 rings (SSSR count). The zero-order valence-corrected chi connectivity index (χ0v) is 10.9. The number of carboxylic acids is 1. The van der Waals surface area contributed by atoms with Gasteiger partial charge in [0.15, 0.2) is 0 Å². The Balaban J connectivity index is 2.01. The molecule has 1 fully saturated rings. The fourth-order valence-electron chi connectivity index (χ4n) is 2.30. The number of benzene rings is 1. The van der Waals surface area contributed by atoms with E-state index in [-0.39, 0.29) is 6.42 Å². The van der Waals surface area contributed by atoms with E-state index in [0.29, 0.717) is 6.54 Å². The van der Waals surface area contributed by atoms with Gasteiger partial charge in [-0.1, -0.05) is 24.1 Å². The lowest BCUT2D eigenvalue weighted by Crippen LogP contribution is -2.34. The van der Waals surface area contributed by atoms with Crippen LogP contribution < -0.4 is 4.90 Å². The summed E-state index contributed by atoms with van der Waals surface area (Å²) in [5.74, 6) is 0.0285. The molecule has 0 spiro atoms. The lowest BCUT2D eigenvalue weighted by molar-refractivity contribution is -0.136. The number of hydrogen-bond donors (Lipinski definition) is 1. The lowest BCUT2D eigenvalue weighted by Gasteiger charge is -2.33. The zero-order valence-electron chi connectivity index (χ0n) is 10.9. The summed E-state index contributed by atoms with van der Waals surface area (Å²) in [5.41, 5.74) is 2.38. The minimum atomic E-state index is -0.722. The minimum Gasteiger partial charge on any atom is -0.481 e. The van der Waals surface area contributed by atoms with Gasteiger partial charge in [-0.05, 0) is 37.8 Å². The van der Waals surface area contributed by atoms with Gasteiger partial charge in [-0.25, -0.2) is 0 Å². The van der Waals surface area contributed by atoms with Crippen LogP contribution in [0.2, 0.25) is 0 Å². The average molecular weight is 247 g/mol. The van der Waals surface area contributed by atoms with Gasteiger partial charge in [0.1, 0.15) is 0 Å². The van der Waals surface area contributed by atoms with Crippen LogP contribution in [0.5, 0.6) is 0 Å². The van der Waals surface area contributed by atoms with Crippen LogP contribution in [0.3, 0.4) is 0 Å². The Kier molecular flexibility index (Phi) is 4.24. The SMILES string of the molecule is Cc1ccc(N(CCC(=O)O)CC2CCC2)cc1. The predicted octanol–water partition coefficient (Wildman–Crippen LogP) is 3.08. The maximum Gasteiger partial charge on any atom is 0.305 e. The summed E-state index contributed by atoms with van der Waals surface area (Å²) in [5, 5.41) is 8.83. The first kappa shape index (κ1) is 12.9. The van der Waals surface area contributed by atoms with E-state index in [1.54, 1.807) is 0 Å².